The van der Waals surface area contributed by atoms with Gasteiger partial charge in [0.05, 0.1) is 23.6 Å². The maximum Gasteiger partial charge on any atom is 0.309 e. The van der Waals surface area contributed by atoms with Gasteiger partial charge in [0, 0.05) is 4.47 Å². The summed E-state index contributed by atoms with van der Waals surface area (Å²) < 4.78 is 11.9. The molecule has 2 aromatic rings. The van der Waals surface area contributed by atoms with Crippen LogP contribution in [0.3, 0.4) is 0 Å². The molecule has 3 rings (SSSR count). The zero-order valence-corrected chi connectivity index (χ0v) is 18.6. The Morgan fingerprint density at radius 3 is 2.67 bits per heavy atom. The molecule has 1 aliphatic rings. The first-order chi connectivity index (χ1) is 14.4. The van der Waals surface area contributed by atoms with E-state index in [4.69, 9.17) is 14.6 Å². The van der Waals surface area contributed by atoms with Gasteiger partial charge in [0.25, 0.3) is 5.91 Å². The fraction of sp³-hybridized carbons (Fsp3) is 0.190. The molecular weight excluding hydrogens is 472 g/mol. The van der Waals surface area contributed by atoms with Gasteiger partial charge in [-0.2, -0.15) is 0 Å². The number of aliphatic imine (C=N–C) groups is 1. The highest BCUT2D eigenvalue weighted by molar-refractivity contribution is 9.10. The summed E-state index contributed by atoms with van der Waals surface area (Å²) in [7, 11) is 1.50. The molecule has 0 saturated carbocycles. The first-order valence-electron chi connectivity index (χ1n) is 8.94. The molecule has 1 fully saturated rings. The standard InChI is InChI=1S/C21H19BrN2O5S/c1-12(20(26)27)11-29-16-8-3-13(9-17(16)28-2)10-18-19(25)24-21(30-18)23-15-6-4-14(22)5-7-15/h3-10,12H,11H2,1-2H3,(H,26,27)(H,23,24,25)/b18-10-. The minimum Gasteiger partial charge on any atom is -0.493 e. The number of carbonyl (C=O) groups is 2. The third-order valence-electron chi connectivity index (χ3n) is 4.10. The Morgan fingerprint density at radius 2 is 2.00 bits per heavy atom. The molecule has 1 aliphatic heterocycles. The number of thioether (sulfide) groups is 1. The molecule has 156 valence electrons. The van der Waals surface area contributed by atoms with E-state index in [1.807, 2.05) is 24.3 Å². The molecule has 1 unspecified atom stereocenters. The minimum atomic E-state index is -0.930. The highest BCUT2D eigenvalue weighted by atomic mass is 79.9. The van der Waals surface area contributed by atoms with Gasteiger partial charge < -0.3 is 19.9 Å². The second kappa shape index (κ2) is 9.82. The van der Waals surface area contributed by atoms with E-state index in [9.17, 15) is 9.59 Å². The van der Waals surface area contributed by atoms with Crippen LogP contribution in [0.5, 0.6) is 11.5 Å². The van der Waals surface area contributed by atoms with Crippen molar-refractivity contribution in [1.29, 1.82) is 0 Å². The topological polar surface area (TPSA) is 97.2 Å². The van der Waals surface area contributed by atoms with Gasteiger partial charge in [-0.05, 0) is 66.7 Å². The summed E-state index contributed by atoms with van der Waals surface area (Å²) in [4.78, 5) is 28.2. The maximum atomic E-state index is 12.3. The summed E-state index contributed by atoms with van der Waals surface area (Å²) in [5, 5.41) is 12.2. The van der Waals surface area contributed by atoms with Crippen molar-refractivity contribution in [3.05, 3.63) is 57.4 Å². The number of nitrogens with one attached hydrogen (secondary N) is 1. The zero-order chi connectivity index (χ0) is 21.7. The smallest absolute Gasteiger partial charge is 0.309 e. The summed E-state index contributed by atoms with van der Waals surface area (Å²) in [6, 6.07) is 12.6. The number of amidine groups is 1. The van der Waals surface area contributed by atoms with Crippen molar-refractivity contribution >= 4 is 56.5 Å². The van der Waals surface area contributed by atoms with Crippen LogP contribution < -0.4 is 14.8 Å². The molecule has 1 heterocycles. The van der Waals surface area contributed by atoms with E-state index in [0.29, 0.717) is 21.6 Å². The summed E-state index contributed by atoms with van der Waals surface area (Å²) in [6.45, 7) is 1.59. The van der Waals surface area contributed by atoms with Gasteiger partial charge >= 0.3 is 5.97 Å². The van der Waals surface area contributed by atoms with Crippen molar-refractivity contribution in [2.75, 3.05) is 13.7 Å². The molecule has 1 atom stereocenters. The predicted octanol–water partition coefficient (Wildman–Crippen LogP) is 4.45. The van der Waals surface area contributed by atoms with Gasteiger partial charge in [-0.25, -0.2) is 4.99 Å². The summed E-state index contributed by atoms with van der Waals surface area (Å²) in [5.41, 5.74) is 1.48. The first-order valence-corrected chi connectivity index (χ1v) is 10.6. The van der Waals surface area contributed by atoms with Crippen molar-refractivity contribution in [3.63, 3.8) is 0 Å². The number of carbonyl (C=O) groups excluding carboxylic acids is 1. The van der Waals surface area contributed by atoms with Gasteiger partial charge in [-0.1, -0.05) is 22.0 Å². The molecule has 9 heteroatoms. The molecule has 1 saturated heterocycles. The summed E-state index contributed by atoms with van der Waals surface area (Å²) in [6.07, 6.45) is 1.73. The van der Waals surface area contributed by atoms with E-state index in [2.05, 4.69) is 26.2 Å². The van der Waals surface area contributed by atoms with Gasteiger partial charge in [0.2, 0.25) is 0 Å². The number of rotatable bonds is 7. The van der Waals surface area contributed by atoms with Crippen LogP contribution >= 0.6 is 27.7 Å². The highest BCUT2D eigenvalue weighted by Crippen LogP contribution is 2.32. The van der Waals surface area contributed by atoms with E-state index in [-0.39, 0.29) is 12.5 Å². The van der Waals surface area contributed by atoms with Crippen LogP contribution in [0.15, 0.2) is 56.8 Å². The number of nitrogens with zero attached hydrogens (tertiary/aromatic N) is 1. The van der Waals surface area contributed by atoms with Crippen LogP contribution in [0, 0.1) is 5.92 Å². The minimum absolute atomic E-state index is 0.0280. The molecule has 2 aromatic carbocycles. The molecule has 0 spiro atoms. The number of aliphatic carboxylic acids is 1. The SMILES string of the molecule is COc1cc(/C=C2\SC(=Nc3ccc(Br)cc3)NC2=O)ccc1OCC(C)C(=O)O. The van der Waals surface area contributed by atoms with E-state index in [0.717, 1.165) is 15.7 Å². The van der Waals surface area contributed by atoms with Gasteiger partial charge in [0.15, 0.2) is 16.7 Å². The van der Waals surface area contributed by atoms with Crippen LogP contribution in [0.4, 0.5) is 5.69 Å². The lowest BCUT2D eigenvalue weighted by atomic mass is 10.1. The van der Waals surface area contributed by atoms with Crippen molar-refractivity contribution < 1.29 is 24.2 Å². The monoisotopic (exact) mass is 490 g/mol. The van der Waals surface area contributed by atoms with Crippen LogP contribution in [-0.4, -0.2) is 35.9 Å². The largest absolute Gasteiger partial charge is 0.493 e. The summed E-state index contributed by atoms with van der Waals surface area (Å²) in [5.74, 6) is -0.910. The lowest BCUT2D eigenvalue weighted by Crippen LogP contribution is -2.19. The average molecular weight is 491 g/mol. The van der Waals surface area contributed by atoms with Crippen LogP contribution in [0.25, 0.3) is 6.08 Å². The van der Waals surface area contributed by atoms with Crippen molar-refractivity contribution in [1.82, 2.24) is 5.32 Å². The fourth-order valence-corrected chi connectivity index (χ4v) is 3.55. The Balaban J connectivity index is 1.75. The Bertz CT molecular complexity index is 1020. The Kier molecular flexibility index (Phi) is 7.17. The van der Waals surface area contributed by atoms with E-state index >= 15 is 0 Å². The normalized spacial score (nSPS) is 17.1. The second-order valence-corrected chi connectivity index (χ2v) is 8.37. The number of hydrogen-bond donors (Lipinski definition) is 2. The third-order valence-corrected chi connectivity index (χ3v) is 5.54. The zero-order valence-electron chi connectivity index (χ0n) is 16.2. The third kappa shape index (κ3) is 5.64. The molecule has 30 heavy (non-hydrogen) atoms. The average Bonchev–Trinajstić information content (AvgIpc) is 3.06. The Labute approximate surface area is 186 Å². The number of amides is 1. The van der Waals surface area contributed by atoms with E-state index < -0.39 is 11.9 Å². The van der Waals surface area contributed by atoms with Crippen molar-refractivity contribution in [2.45, 2.75) is 6.92 Å². The molecule has 0 bridgehead atoms. The molecule has 2 N–H and O–H groups in total. The van der Waals surface area contributed by atoms with Crippen LogP contribution in [0.2, 0.25) is 0 Å². The van der Waals surface area contributed by atoms with Crippen LogP contribution in [-0.2, 0) is 9.59 Å². The molecule has 1 amide bonds. The maximum absolute atomic E-state index is 12.3. The van der Waals surface area contributed by atoms with Gasteiger partial charge in [0.1, 0.15) is 6.61 Å². The highest BCUT2D eigenvalue weighted by Gasteiger charge is 2.24. The molecule has 0 aromatic heterocycles. The predicted molar refractivity (Wildman–Crippen MR) is 120 cm³/mol. The van der Waals surface area contributed by atoms with Crippen LogP contribution in [0.1, 0.15) is 12.5 Å². The van der Waals surface area contributed by atoms with Crippen molar-refractivity contribution in [2.24, 2.45) is 10.9 Å². The second-order valence-electron chi connectivity index (χ2n) is 6.42. The first kappa shape index (κ1) is 21.9. The fourth-order valence-electron chi connectivity index (χ4n) is 2.44. The number of halogens is 1. The number of carboxylic acid groups (broad SMARTS) is 1. The van der Waals surface area contributed by atoms with Crippen molar-refractivity contribution in [3.8, 4) is 11.5 Å². The Morgan fingerprint density at radius 1 is 1.27 bits per heavy atom. The number of carboxylic acids is 1. The number of ether oxygens (including phenoxy) is 2. The number of methoxy groups -OCH3 is 1. The Hall–Kier alpha value is -2.78. The number of benzene rings is 2. The lowest BCUT2D eigenvalue weighted by Gasteiger charge is -2.13. The summed E-state index contributed by atoms with van der Waals surface area (Å²) >= 11 is 4.63. The lowest BCUT2D eigenvalue weighted by molar-refractivity contribution is -0.142. The van der Waals surface area contributed by atoms with E-state index in [1.54, 1.807) is 31.2 Å². The number of hydrogen-bond acceptors (Lipinski definition) is 6. The molecule has 0 radical (unpaired) electrons. The van der Waals surface area contributed by atoms with E-state index in [1.165, 1.54) is 18.9 Å². The quantitative estimate of drug-likeness (QED) is 0.556. The van der Waals surface area contributed by atoms with Gasteiger partial charge in [-0.3, -0.25) is 9.59 Å². The molecular formula is C21H19BrN2O5S. The molecule has 7 nitrogen and oxygen atoms in total. The molecule has 0 aliphatic carbocycles. The van der Waals surface area contributed by atoms with Gasteiger partial charge in [-0.15, -0.1) is 0 Å².